The second-order valence-corrected chi connectivity index (χ2v) is 3.23. The minimum atomic E-state index is -0.730. The topological polar surface area (TPSA) is 69.6 Å². The van der Waals surface area contributed by atoms with Crippen molar-refractivity contribution >= 4 is 11.7 Å². The average molecular weight is 182 g/mol. The molecule has 0 saturated carbocycles. The zero-order valence-corrected chi connectivity index (χ0v) is 6.99. The van der Waals surface area contributed by atoms with Gasteiger partial charge < -0.3 is 0 Å². The zero-order valence-electron chi connectivity index (χ0n) is 6.99. The van der Waals surface area contributed by atoms with Crippen LogP contribution in [0.4, 0.5) is 0 Å². The van der Waals surface area contributed by atoms with Gasteiger partial charge in [-0.3, -0.25) is 14.8 Å². The molecule has 5 nitrogen and oxygen atoms in total. The van der Waals surface area contributed by atoms with Gasteiger partial charge in [-0.2, -0.15) is 5.17 Å². The first kappa shape index (κ1) is 8.25. The van der Waals surface area contributed by atoms with E-state index in [1.54, 1.807) is 6.08 Å². The lowest BCUT2D eigenvalue weighted by atomic mass is 9.87. The second kappa shape index (κ2) is 2.85. The minimum Gasteiger partial charge on any atom is -0.288 e. The number of allylic oxidation sites excluding steroid dienone is 2. The molecule has 1 saturated heterocycles. The van der Waals surface area contributed by atoms with Gasteiger partial charge in [0.25, 0.3) is 0 Å². The van der Waals surface area contributed by atoms with E-state index in [1.165, 1.54) is 0 Å². The summed E-state index contributed by atoms with van der Waals surface area (Å²) in [5.41, 5.74) is 2.57. The molecule has 0 aromatic carbocycles. The normalized spacial score (nSPS) is 27.9. The average Bonchev–Trinajstić information content (AvgIpc) is 2.15. The molecule has 2 N–H and O–H groups in total. The molecule has 0 spiro atoms. The van der Waals surface area contributed by atoms with Gasteiger partial charge in [0.1, 0.15) is 0 Å². The summed E-state index contributed by atoms with van der Waals surface area (Å²) >= 11 is 0. The van der Waals surface area contributed by atoms with Crippen LogP contribution in [0.3, 0.4) is 0 Å². The molecular weight excluding hydrogens is 172 g/mol. The molecule has 1 atom stereocenters. The Bertz CT molecular complexity index is 298. The van der Waals surface area contributed by atoms with E-state index in [2.05, 4.69) is 5.43 Å². The fourth-order valence-electron chi connectivity index (χ4n) is 1.74. The van der Waals surface area contributed by atoms with Gasteiger partial charge in [-0.1, -0.05) is 6.08 Å². The molecule has 0 bridgehead atoms. The summed E-state index contributed by atoms with van der Waals surface area (Å²) in [6, 6.07) is 0. The molecule has 5 heteroatoms. The van der Waals surface area contributed by atoms with Crippen LogP contribution in [0.5, 0.6) is 0 Å². The molecule has 0 radical (unpaired) electrons. The first-order chi connectivity index (χ1) is 6.20. The molecule has 1 unspecified atom stereocenters. The number of hydrogen-bond acceptors (Lipinski definition) is 4. The molecule has 2 aliphatic rings. The lowest BCUT2D eigenvalue weighted by Crippen LogP contribution is -2.53. The van der Waals surface area contributed by atoms with Crippen LogP contribution in [0.1, 0.15) is 19.3 Å². The van der Waals surface area contributed by atoms with Crippen LogP contribution >= 0.6 is 0 Å². The van der Waals surface area contributed by atoms with Gasteiger partial charge in [-0.15, -0.1) is 0 Å². The second-order valence-electron chi connectivity index (χ2n) is 3.23. The zero-order chi connectivity index (χ0) is 9.42. The largest absolute Gasteiger partial charge is 0.308 e. The summed E-state index contributed by atoms with van der Waals surface area (Å²) in [6.45, 7) is 0. The number of ketones is 1. The van der Waals surface area contributed by atoms with E-state index in [4.69, 9.17) is 0 Å². The van der Waals surface area contributed by atoms with Crippen molar-refractivity contribution < 1.29 is 14.8 Å². The molecule has 0 aromatic heterocycles. The maximum atomic E-state index is 11.3. The van der Waals surface area contributed by atoms with Crippen molar-refractivity contribution in [2.75, 3.05) is 0 Å². The summed E-state index contributed by atoms with van der Waals surface area (Å²) in [5.74, 6) is -1.62. The smallest absolute Gasteiger partial charge is 0.288 e. The van der Waals surface area contributed by atoms with Crippen molar-refractivity contribution in [1.82, 2.24) is 10.6 Å². The lowest BCUT2D eigenvalue weighted by Gasteiger charge is -2.33. The van der Waals surface area contributed by atoms with E-state index in [9.17, 15) is 14.8 Å². The SMILES string of the molecule is O=C1NN(O)C2=CCCCC2C1=O. The number of fused-ring (bicyclic) bond motifs is 1. The maximum Gasteiger partial charge on any atom is 0.308 e. The standard InChI is InChI=1S/C8H10N2O3/c11-7-5-3-1-2-4-6(5)10(13)9-8(7)12/h4-5,13H,1-3H2,(H,9,12). The van der Waals surface area contributed by atoms with E-state index in [0.29, 0.717) is 17.3 Å². The van der Waals surface area contributed by atoms with E-state index in [1.807, 2.05) is 0 Å². The molecule has 70 valence electrons. The van der Waals surface area contributed by atoms with E-state index in [-0.39, 0.29) is 0 Å². The third-order valence-corrected chi connectivity index (χ3v) is 2.40. The third kappa shape index (κ3) is 1.21. The number of carbonyl (C=O) groups excluding carboxylic acids is 2. The number of carbonyl (C=O) groups is 2. The highest BCUT2D eigenvalue weighted by atomic mass is 16.5. The van der Waals surface area contributed by atoms with Crippen LogP contribution in [-0.2, 0) is 9.59 Å². The number of hydrogen-bond donors (Lipinski definition) is 2. The molecule has 1 aliphatic heterocycles. The summed E-state index contributed by atoms with van der Waals surface area (Å²) in [7, 11) is 0. The summed E-state index contributed by atoms with van der Waals surface area (Å²) in [6.07, 6.45) is 4.16. The van der Waals surface area contributed by atoms with Gasteiger partial charge in [0, 0.05) is 0 Å². The van der Waals surface area contributed by atoms with Gasteiger partial charge in [-0.05, 0) is 19.3 Å². The van der Waals surface area contributed by atoms with E-state index < -0.39 is 17.6 Å². The number of rotatable bonds is 0. The first-order valence-electron chi connectivity index (χ1n) is 4.24. The summed E-state index contributed by atoms with van der Waals surface area (Å²) in [5, 5.41) is 9.93. The fourth-order valence-corrected chi connectivity index (χ4v) is 1.74. The highest BCUT2D eigenvalue weighted by Crippen LogP contribution is 2.28. The summed E-state index contributed by atoms with van der Waals surface area (Å²) in [4.78, 5) is 22.3. The van der Waals surface area contributed by atoms with Crippen LogP contribution in [0, 0.1) is 5.92 Å². The number of amides is 1. The van der Waals surface area contributed by atoms with Gasteiger partial charge in [0.15, 0.2) is 0 Å². The van der Waals surface area contributed by atoms with Gasteiger partial charge >= 0.3 is 5.91 Å². The number of hydroxylamine groups is 1. The predicted octanol–water partition coefficient (Wildman–Crippen LogP) is -0.0245. The number of nitrogens with one attached hydrogen (secondary N) is 1. The van der Waals surface area contributed by atoms with Crippen molar-refractivity contribution in [2.45, 2.75) is 19.3 Å². The highest BCUT2D eigenvalue weighted by Gasteiger charge is 2.38. The Kier molecular flexibility index (Phi) is 1.81. The highest BCUT2D eigenvalue weighted by molar-refractivity contribution is 6.38. The molecule has 0 aromatic rings. The molecule has 1 aliphatic carbocycles. The van der Waals surface area contributed by atoms with Gasteiger partial charge in [0.05, 0.1) is 11.6 Å². The van der Waals surface area contributed by atoms with Crippen molar-refractivity contribution in [3.8, 4) is 0 Å². The lowest BCUT2D eigenvalue weighted by molar-refractivity contribution is -0.168. The van der Waals surface area contributed by atoms with Crippen molar-refractivity contribution in [2.24, 2.45) is 5.92 Å². The van der Waals surface area contributed by atoms with Crippen LogP contribution in [0.25, 0.3) is 0 Å². The first-order valence-corrected chi connectivity index (χ1v) is 4.24. The predicted molar refractivity (Wildman–Crippen MR) is 42.2 cm³/mol. The fraction of sp³-hybridized carbons (Fsp3) is 0.500. The Morgan fingerprint density at radius 1 is 1.54 bits per heavy atom. The molecule has 1 fully saturated rings. The summed E-state index contributed by atoms with van der Waals surface area (Å²) < 4.78 is 0. The van der Waals surface area contributed by atoms with Crippen LogP contribution < -0.4 is 5.43 Å². The van der Waals surface area contributed by atoms with Crippen molar-refractivity contribution in [3.05, 3.63) is 11.8 Å². The van der Waals surface area contributed by atoms with Crippen LogP contribution in [-0.4, -0.2) is 22.1 Å². The Hall–Kier alpha value is -1.36. The quantitative estimate of drug-likeness (QED) is 0.516. The molecule has 2 rings (SSSR count). The van der Waals surface area contributed by atoms with Crippen molar-refractivity contribution in [3.63, 3.8) is 0 Å². The molecule has 13 heavy (non-hydrogen) atoms. The Morgan fingerprint density at radius 2 is 2.31 bits per heavy atom. The third-order valence-electron chi connectivity index (χ3n) is 2.40. The number of nitrogens with zero attached hydrogens (tertiary/aromatic N) is 1. The maximum absolute atomic E-state index is 11.3. The minimum absolute atomic E-state index is 0.438. The van der Waals surface area contributed by atoms with Gasteiger partial charge in [-0.25, -0.2) is 5.43 Å². The van der Waals surface area contributed by atoms with E-state index in [0.717, 1.165) is 12.8 Å². The monoisotopic (exact) mass is 182 g/mol. The van der Waals surface area contributed by atoms with Crippen LogP contribution in [0.2, 0.25) is 0 Å². The number of Topliss-reactive ketones (excluding diaryl/α,β-unsaturated/α-hetero) is 1. The van der Waals surface area contributed by atoms with Crippen LogP contribution in [0.15, 0.2) is 11.8 Å². The van der Waals surface area contributed by atoms with Gasteiger partial charge in [0.2, 0.25) is 5.78 Å². The Morgan fingerprint density at radius 3 is 3.08 bits per heavy atom. The molecule has 1 amide bonds. The van der Waals surface area contributed by atoms with E-state index >= 15 is 0 Å². The number of hydrazine groups is 1. The molecule has 1 heterocycles. The molecular formula is C8H10N2O3. The Balaban J connectivity index is 2.32. The Labute approximate surface area is 74.9 Å². The van der Waals surface area contributed by atoms with Crippen molar-refractivity contribution in [1.29, 1.82) is 0 Å².